The van der Waals surface area contributed by atoms with Gasteiger partial charge in [0.2, 0.25) is 0 Å². The largest absolute Gasteiger partial charge is 0.419 e. The van der Waals surface area contributed by atoms with Crippen LogP contribution in [0.5, 0.6) is 0 Å². The molecule has 15 heavy (non-hydrogen) atoms. The third kappa shape index (κ3) is 2.50. The van der Waals surface area contributed by atoms with Gasteiger partial charge in [0.05, 0.1) is 5.56 Å². The minimum absolute atomic E-state index is 0.170. The van der Waals surface area contributed by atoms with Crippen LogP contribution in [-0.4, -0.2) is 4.98 Å². The Hall–Kier alpha value is -1.50. The van der Waals surface area contributed by atoms with E-state index in [9.17, 15) is 13.2 Å². The molecule has 0 aliphatic heterocycles. The lowest BCUT2D eigenvalue weighted by atomic mass is 10.2. The van der Waals surface area contributed by atoms with Gasteiger partial charge in [-0.15, -0.1) is 0 Å². The molecule has 2 rings (SSSR count). The highest BCUT2D eigenvalue weighted by Gasteiger charge is 2.33. The van der Waals surface area contributed by atoms with E-state index in [1.807, 2.05) is 0 Å². The van der Waals surface area contributed by atoms with Gasteiger partial charge < -0.3 is 0 Å². The Morgan fingerprint density at radius 3 is 2.67 bits per heavy atom. The lowest BCUT2D eigenvalue weighted by Gasteiger charge is -2.06. The predicted molar refractivity (Wildman–Crippen MR) is 48.8 cm³/mol. The molecule has 1 fully saturated rings. The first-order valence-corrected chi connectivity index (χ1v) is 4.61. The summed E-state index contributed by atoms with van der Waals surface area (Å²) in [7, 11) is 0. The number of halogens is 3. The number of pyridine rings is 1. The Bertz CT molecular complexity index is 421. The molecule has 1 heterocycles. The topological polar surface area (TPSA) is 12.9 Å². The summed E-state index contributed by atoms with van der Waals surface area (Å²) in [6.45, 7) is 0. The number of alkyl halides is 3. The predicted octanol–water partition coefficient (Wildman–Crippen LogP) is 2.86. The SMILES string of the molecule is FC(F)(F)c1cccnc1C#CC1CC1. The summed E-state index contributed by atoms with van der Waals surface area (Å²) in [6.07, 6.45) is -1.07. The zero-order chi connectivity index (χ0) is 10.9. The second-order valence-electron chi connectivity index (χ2n) is 3.44. The smallest absolute Gasteiger partial charge is 0.247 e. The van der Waals surface area contributed by atoms with Crippen molar-refractivity contribution < 1.29 is 13.2 Å². The van der Waals surface area contributed by atoms with Gasteiger partial charge in [-0.05, 0) is 30.9 Å². The molecule has 0 bridgehead atoms. The van der Waals surface area contributed by atoms with Gasteiger partial charge in [0.25, 0.3) is 0 Å². The summed E-state index contributed by atoms with van der Waals surface area (Å²) in [5, 5.41) is 0. The van der Waals surface area contributed by atoms with E-state index in [0.717, 1.165) is 18.9 Å². The van der Waals surface area contributed by atoms with E-state index in [2.05, 4.69) is 16.8 Å². The van der Waals surface area contributed by atoms with Crippen molar-refractivity contribution >= 4 is 0 Å². The number of rotatable bonds is 0. The van der Waals surface area contributed by atoms with E-state index in [1.54, 1.807) is 0 Å². The molecular formula is C11H8F3N. The molecule has 4 heteroatoms. The van der Waals surface area contributed by atoms with Crippen LogP contribution in [0.2, 0.25) is 0 Å². The molecule has 1 nitrogen and oxygen atoms in total. The average Bonchev–Trinajstić information content (AvgIpc) is 2.97. The summed E-state index contributed by atoms with van der Waals surface area (Å²) < 4.78 is 37.4. The first-order valence-electron chi connectivity index (χ1n) is 4.61. The Kier molecular flexibility index (Phi) is 2.39. The number of aromatic nitrogens is 1. The molecule has 1 aliphatic carbocycles. The first-order chi connectivity index (χ1) is 7.07. The maximum atomic E-state index is 12.5. The van der Waals surface area contributed by atoms with Gasteiger partial charge in [-0.25, -0.2) is 4.98 Å². The van der Waals surface area contributed by atoms with E-state index in [4.69, 9.17) is 0 Å². The average molecular weight is 211 g/mol. The van der Waals surface area contributed by atoms with Crippen molar-refractivity contribution in [1.29, 1.82) is 0 Å². The minimum Gasteiger partial charge on any atom is -0.247 e. The highest BCUT2D eigenvalue weighted by atomic mass is 19.4. The highest BCUT2D eigenvalue weighted by molar-refractivity contribution is 5.37. The molecular weight excluding hydrogens is 203 g/mol. The van der Waals surface area contributed by atoms with Gasteiger partial charge in [-0.1, -0.05) is 5.92 Å². The van der Waals surface area contributed by atoms with Crippen molar-refractivity contribution in [2.24, 2.45) is 5.92 Å². The van der Waals surface area contributed by atoms with E-state index in [1.165, 1.54) is 12.3 Å². The third-order valence-electron chi connectivity index (χ3n) is 2.09. The monoisotopic (exact) mass is 211 g/mol. The van der Waals surface area contributed by atoms with Crippen LogP contribution < -0.4 is 0 Å². The van der Waals surface area contributed by atoms with Gasteiger partial charge in [-0.2, -0.15) is 13.2 Å². The second kappa shape index (κ2) is 3.58. The maximum Gasteiger partial charge on any atom is 0.419 e. The highest BCUT2D eigenvalue weighted by Crippen LogP contribution is 2.31. The molecule has 1 aromatic rings. The number of hydrogen-bond donors (Lipinski definition) is 0. The van der Waals surface area contributed by atoms with Crippen molar-refractivity contribution in [2.45, 2.75) is 19.0 Å². The molecule has 0 saturated heterocycles. The molecule has 0 atom stereocenters. The van der Waals surface area contributed by atoms with Gasteiger partial charge in [0.15, 0.2) is 0 Å². The maximum absolute atomic E-state index is 12.5. The fourth-order valence-electron chi connectivity index (χ4n) is 1.13. The molecule has 0 aromatic carbocycles. The van der Waals surface area contributed by atoms with Gasteiger partial charge in [0, 0.05) is 12.1 Å². The van der Waals surface area contributed by atoms with Crippen molar-refractivity contribution in [2.75, 3.05) is 0 Å². The molecule has 1 saturated carbocycles. The third-order valence-corrected chi connectivity index (χ3v) is 2.09. The summed E-state index contributed by atoms with van der Waals surface area (Å²) in [4.78, 5) is 3.65. The van der Waals surface area contributed by atoms with Gasteiger partial charge in [0.1, 0.15) is 5.69 Å². The molecule has 0 spiro atoms. The van der Waals surface area contributed by atoms with E-state index < -0.39 is 11.7 Å². The Labute approximate surface area is 85.3 Å². The zero-order valence-corrected chi connectivity index (χ0v) is 7.80. The van der Waals surface area contributed by atoms with Crippen LogP contribution >= 0.6 is 0 Å². The molecule has 0 radical (unpaired) electrons. The van der Waals surface area contributed by atoms with Crippen molar-refractivity contribution in [3.05, 3.63) is 29.6 Å². The lowest BCUT2D eigenvalue weighted by molar-refractivity contribution is -0.138. The number of nitrogens with zero attached hydrogens (tertiary/aromatic N) is 1. The van der Waals surface area contributed by atoms with Crippen molar-refractivity contribution in [1.82, 2.24) is 4.98 Å². The molecule has 0 N–H and O–H groups in total. The molecule has 0 amide bonds. The Balaban J connectivity index is 2.34. The van der Waals surface area contributed by atoms with Crippen LogP contribution in [-0.2, 0) is 6.18 Å². The van der Waals surface area contributed by atoms with E-state index in [0.29, 0.717) is 0 Å². The summed E-state index contributed by atoms with van der Waals surface area (Å²) in [5.41, 5.74) is -0.921. The Morgan fingerprint density at radius 1 is 1.33 bits per heavy atom. The quantitative estimate of drug-likeness (QED) is 0.601. The van der Waals surface area contributed by atoms with Gasteiger partial charge >= 0.3 is 6.18 Å². The molecule has 0 unspecified atom stereocenters. The summed E-state index contributed by atoms with van der Waals surface area (Å²) in [5.74, 6) is 5.54. The number of hydrogen-bond acceptors (Lipinski definition) is 1. The Morgan fingerprint density at radius 2 is 2.07 bits per heavy atom. The van der Waals surface area contributed by atoms with E-state index >= 15 is 0 Å². The van der Waals surface area contributed by atoms with Crippen LogP contribution in [0.4, 0.5) is 13.2 Å². The van der Waals surface area contributed by atoms with Crippen LogP contribution in [0, 0.1) is 17.8 Å². The van der Waals surface area contributed by atoms with Crippen LogP contribution in [0.15, 0.2) is 18.3 Å². The lowest BCUT2D eigenvalue weighted by Crippen LogP contribution is -2.08. The first kappa shape index (κ1) is 10.0. The summed E-state index contributed by atoms with van der Waals surface area (Å²) in [6, 6.07) is 2.27. The normalized spacial score (nSPS) is 15.7. The molecule has 78 valence electrons. The second-order valence-corrected chi connectivity index (χ2v) is 3.44. The fourth-order valence-corrected chi connectivity index (χ4v) is 1.13. The van der Waals surface area contributed by atoms with E-state index in [-0.39, 0.29) is 11.6 Å². The fraction of sp³-hybridized carbons (Fsp3) is 0.364. The van der Waals surface area contributed by atoms with Crippen LogP contribution in [0.1, 0.15) is 24.1 Å². The summed E-state index contributed by atoms with van der Waals surface area (Å²) >= 11 is 0. The minimum atomic E-state index is -4.37. The van der Waals surface area contributed by atoms with Crippen molar-refractivity contribution in [3.8, 4) is 11.8 Å². The standard InChI is InChI=1S/C11H8F3N/c12-11(13,14)9-2-1-7-15-10(9)6-5-8-3-4-8/h1-2,7-8H,3-4H2. The van der Waals surface area contributed by atoms with Crippen LogP contribution in [0.25, 0.3) is 0 Å². The molecule has 1 aliphatic rings. The zero-order valence-electron chi connectivity index (χ0n) is 7.80. The van der Waals surface area contributed by atoms with Gasteiger partial charge in [-0.3, -0.25) is 0 Å². The van der Waals surface area contributed by atoms with Crippen LogP contribution in [0.3, 0.4) is 0 Å². The molecule has 1 aromatic heterocycles. The van der Waals surface area contributed by atoms with Crippen molar-refractivity contribution in [3.63, 3.8) is 0 Å².